The van der Waals surface area contributed by atoms with E-state index in [0.717, 1.165) is 24.6 Å². The molecule has 1 saturated heterocycles. The molecule has 6 nitrogen and oxygen atoms in total. The van der Waals surface area contributed by atoms with Crippen LogP contribution >= 0.6 is 0 Å². The van der Waals surface area contributed by atoms with Crippen LogP contribution in [-0.4, -0.2) is 44.2 Å². The fourth-order valence-corrected chi connectivity index (χ4v) is 3.37. The van der Waals surface area contributed by atoms with Crippen molar-refractivity contribution in [2.75, 3.05) is 13.1 Å². The Labute approximate surface area is 140 Å². The highest BCUT2D eigenvalue weighted by atomic mass is 15.5. The molecular weight excluding hydrogens is 300 g/mol. The number of aromatic nitrogens is 4. The van der Waals surface area contributed by atoms with Crippen molar-refractivity contribution in [3.05, 3.63) is 72.1 Å². The highest BCUT2D eigenvalue weighted by molar-refractivity contribution is 5.30. The summed E-state index contributed by atoms with van der Waals surface area (Å²) in [6.45, 7) is 2.47. The lowest BCUT2D eigenvalue weighted by Gasteiger charge is -2.15. The minimum atomic E-state index is 0.133. The van der Waals surface area contributed by atoms with Crippen LogP contribution in [0.1, 0.15) is 17.3 Å². The number of likely N-dealkylation sites (tertiary alicyclic amines) is 1. The van der Waals surface area contributed by atoms with Crippen molar-refractivity contribution in [1.82, 2.24) is 25.1 Å². The van der Waals surface area contributed by atoms with Crippen molar-refractivity contribution >= 4 is 0 Å². The van der Waals surface area contributed by atoms with Crippen LogP contribution in [0.4, 0.5) is 0 Å². The second kappa shape index (κ2) is 6.51. The van der Waals surface area contributed by atoms with E-state index in [1.807, 2.05) is 36.4 Å². The molecule has 0 saturated carbocycles. The number of para-hydroxylation sites is 1. The third-order valence-electron chi connectivity index (χ3n) is 4.57. The molecule has 0 unspecified atom stereocenters. The molecule has 0 spiro atoms. The van der Waals surface area contributed by atoms with Gasteiger partial charge in [-0.1, -0.05) is 48.5 Å². The first-order chi connectivity index (χ1) is 11.8. The molecule has 2 N–H and O–H groups in total. The maximum absolute atomic E-state index is 6.38. The summed E-state index contributed by atoms with van der Waals surface area (Å²) in [5, 5.41) is 12.2. The van der Waals surface area contributed by atoms with Crippen molar-refractivity contribution in [2.24, 2.45) is 5.73 Å². The Morgan fingerprint density at radius 3 is 2.42 bits per heavy atom. The molecule has 4 rings (SSSR count). The average molecular weight is 320 g/mol. The van der Waals surface area contributed by atoms with Gasteiger partial charge in [0.05, 0.1) is 12.2 Å². The van der Waals surface area contributed by atoms with Crippen LogP contribution in [0, 0.1) is 0 Å². The molecule has 2 aromatic carbocycles. The molecule has 122 valence electrons. The van der Waals surface area contributed by atoms with Crippen LogP contribution in [-0.2, 0) is 6.54 Å². The van der Waals surface area contributed by atoms with E-state index in [2.05, 4.69) is 44.7 Å². The summed E-state index contributed by atoms with van der Waals surface area (Å²) in [6, 6.07) is 20.6. The lowest BCUT2D eigenvalue weighted by Crippen LogP contribution is -2.29. The number of tetrazole rings is 1. The number of benzene rings is 2. The molecule has 3 aromatic rings. The van der Waals surface area contributed by atoms with Crippen molar-refractivity contribution in [3.8, 4) is 5.69 Å². The van der Waals surface area contributed by atoms with Gasteiger partial charge in [-0.15, -0.1) is 5.10 Å². The van der Waals surface area contributed by atoms with Gasteiger partial charge in [0, 0.05) is 25.0 Å². The van der Waals surface area contributed by atoms with Gasteiger partial charge < -0.3 is 5.73 Å². The first kappa shape index (κ1) is 15.0. The van der Waals surface area contributed by atoms with Crippen LogP contribution < -0.4 is 5.73 Å². The molecule has 1 aromatic heterocycles. The summed E-state index contributed by atoms with van der Waals surface area (Å²) in [4.78, 5) is 2.33. The predicted molar refractivity (Wildman–Crippen MR) is 91.6 cm³/mol. The van der Waals surface area contributed by atoms with E-state index in [4.69, 9.17) is 5.73 Å². The van der Waals surface area contributed by atoms with Gasteiger partial charge in [0.25, 0.3) is 0 Å². The van der Waals surface area contributed by atoms with Gasteiger partial charge in [-0.25, -0.2) is 0 Å². The quantitative estimate of drug-likeness (QED) is 0.790. The molecule has 1 fully saturated rings. The Morgan fingerprint density at radius 1 is 0.958 bits per heavy atom. The number of rotatable bonds is 4. The van der Waals surface area contributed by atoms with Gasteiger partial charge in [0.2, 0.25) is 0 Å². The monoisotopic (exact) mass is 320 g/mol. The fourth-order valence-electron chi connectivity index (χ4n) is 3.37. The van der Waals surface area contributed by atoms with Gasteiger partial charge in [-0.05, 0) is 28.1 Å². The second-order valence-electron chi connectivity index (χ2n) is 6.22. The summed E-state index contributed by atoms with van der Waals surface area (Å²) < 4.78 is 1.79. The smallest absolute Gasteiger partial charge is 0.170 e. The SMILES string of the molecule is N[C@@H]1CN(Cc2nnnn2-c2ccccc2)C[C@H]1c1ccccc1. The fraction of sp³-hybridized carbons (Fsp3) is 0.278. The Morgan fingerprint density at radius 2 is 1.67 bits per heavy atom. The molecule has 0 aliphatic carbocycles. The molecule has 0 radical (unpaired) electrons. The number of nitrogens with zero attached hydrogens (tertiary/aromatic N) is 5. The van der Waals surface area contributed by atoms with Gasteiger partial charge in [-0.2, -0.15) is 4.68 Å². The Balaban J connectivity index is 1.51. The Kier molecular flexibility index (Phi) is 4.06. The highest BCUT2D eigenvalue weighted by Crippen LogP contribution is 2.27. The lowest BCUT2D eigenvalue weighted by atomic mass is 9.95. The van der Waals surface area contributed by atoms with E-state index in [-0.39, 0.29) is 6.04 Å². The maximum Gasteiger partial charge on any atom is 0.170 e. The van der Waals surface area contributed by atoms with Crippen LogP contribution in [0.5, 0.6) is 0 Å². The van der Waals surface area contributed by atoms with Gasteiger partial charge in [-0.3, -0.25) is 4.90 Å². The molecule has 0 bridgehead atoms. The summed E-state index contributed by atoms with van der Waals surface area (Å²) >= 11 is 0. The summed E-state index contributed by atoms with van der Waals surface area (Å²) in [5.74, 6) is 1.19. The molecule has 0 amide bonds. The van der Waals surface area contributed by atoms with Crippen molar-refractivity contribution in [1.29, 1.82) is 0 Å². The molecule has 24 heavy (non-hydrogen) atoms. The van der Waals surface area contributed by atoms with E-state index in [1.165, 1.54) is 5.56 Å². The van der Waals surface area contributed by atoms with Crippen LogP contribution in [0.25, 0.3) is 5.69 Å². The largest absolute Gasteiger partial charge is 0.326 e. The maximum atomic E-state index is 6.38. The molecule has 1 aliphatic heterocycles. The van der Waals surface area contributed by atoms with E-state index in [0.29, 0.717) is 12.5 Å². The summed E-state index contributed by atoms with van der Waals surface area (Å²) in [6.07, 6.45) is 0. The van der Waals surface area contributed by atoms with Crippen LogP contribution in [0.3, 0.4) is 0 Å². The van der Waals surface area contributed by atoms with Crippen molar-refractivity contribution in [3.63, 3.8) is 0 Å². The number of hydrogen-bond donors (Lipinski definition) is 1. The highest BCUT2D eigenvalue weighted by Gasteiger charge is 2.32. The van der Waals surface area contributed by atoms with Gasteiger partial charge in [0.15, 0.2) is 5.82 Å². The zero-order valence-corrected chi connectivity index (χ0v) is 13.4. The Bertz CT molecular complexity index is 786. The molecule has 1 aliphatic rings. The normalized spacial score (nSPS) is 21.2. The van der Waals surface area contributed by atoms with E-state index >= 15 is 0 Å². The molecule has 2 heterocycles. The third-order valence-corrected chi connectivity index (χ3v) is 4.57. The topological polar surface area (TPSA) is 72.9 Å². The van der Waals surface area contributed by atoms with Gasteiger partial charge in [0.1, 0.15) is 0 Å². The van der Waals surface area contributed by atoms with Crippen molar-refractivity contribution < 1.29 is 0 Å². The van der Waals surface area contributed by atoms with E-state index in [9.17, 15) is 0 Å². The molecule has 6 heteroatoms. The molecular formula is C18H20N6. The summed E-state index contributed by atoms with van der Waals surface area (Å²) in [7, 11) is 0. The van der Waals surface area contributed by atoms with E-state index < -0.39 is 0 Å². The second-order valence-corrected chi connectivity index (χ2v) is 6.22. The minimum Gasteiger partial charge on any atom is -0.326 e. The van der Waals surface area contributed by atoms with E-state index in [1.54, 1.807) is 4.68 Å². The van der Waals surface area contributed by atoms with Crippen LogP contribution in [0.15, 0.2) is 60.7 Å². The predicted octanol–water partition coefficient (Wildman–Crippen LogP) is 1.59. The Hall–Kier alpha value is -2.57. The standard InChI is InChI=1S/C18H20N6/c19-17-12-23(11-16(17)14-7-3-1-4-8-14)13-18-20-21-22-24(18)15-9-5-2-6-10-15/h1-10,16-17H,11-13,19H2/t16-,17+/m0/s1. The zero-order valence-electron chi connectivity index (χ0n) is 13.4. The number of hydrogen-bond acceptors (Lipinski definition) is 5. The number of nitrogens with two attached hydrogens (primary N) is 1. The zero-order chi connectivity index (χ0) is 16.4. The average Bonchev–Trinajstić information content (AvgIpc) is 3.23. The lowest BCUT2D eigenvalue weighted by molar-refractivity contribution is 0.312. The van der Waals surface area contributed by atoms with Gasteiger partial charge >= 0.3 is 0 Å². The summed E-state index contributed by atoms with van der Waals surface area (Å²) in [5.41, 5.74) is 8.65. The van der Waals surface area contributed by atoms with Crippen LogP contribution in [0.2, 0.25) is 0 Å². The first-order valence-corrected chi connectivity index (χ1v) is 8.17. The third kappa shape index (κ3) is 2.93. The molecule has 2 atom stereocenters. The minimum absolute atomic E-state index is 0.133. The first-order valence-electron chi connectivity index (χ1n) is 8.17. The van der Waals surface area contributed by atoms with Crippen molar-refractivity contribution in [2.45, 2.75) is 18.5 Å².